The van der Waals surface area contributed by atoms with E-state index in [2.05, 4.69) is 41.5 Å². The van der Waals surface area contributed by atoms with Gasteiger partial charge >= 0.3 is 6.18 Å². The van der Waals surface area contributed by atoms with Crippen LogP contribution in [0.5, 0.6) is 0 Å². The molecule has 8 rings (SSSR count). The molecule has 2 nitrogen and oxygen atoms in total. The van der Waals surface area contributed by atoms with Crippen LogP contribution < -0.4 is 0 Å². The molecule has 2 aromatic heterocycles. The molecular weight excluding hydrogens is 663 g/mol. The second-order valence-electron chi connectivity index (χ2n) is 15.7. The highest BCUT2D eigenvalue weighted by atomic mass is 19.4. The van der Waals surface area contributed by atoms with E-state index < -0.39 is 23.4 Å². The maximum Gasteiger partial charge on any atom is 0.416 e. The Hall–Kier alpha value is -5.43. The van der Waals surface area contributed by atoms with E-state index in [9.17, 15) is 0 Å². The largest absolute Gasteiger partial charge is 0.416 e. The summed E-state index contributed by atoms with van der Waals surface area (Å²) in [6, 6.07) is 32.7. The van der Waals surface area contributed by atoms with E-state index in [1.54, 1.807) is 0 Å². The van der Waals surface area contributed by atoms with Crippen LogP contribution >= 0.6 is 0 Å². The average molecular weight is 701 g/mol. The van der Waals surface area contributed by atoms with Crippen LogP contribution in [0.15, 0.2) is 115 Å². The lowest BCUT2D eigenvalue weighted by atomic mass is 9.86. The molecule has 262 valence electrons. The smallest absolute Gasteiger partial charge is 0.309 e. The van der Waals surface area contributed by atoms with Crippen LogP contribution in [-0.2, 0) is 17.0 Å². The topological polar surface area (TPSA) is 9.86 Å². The lowest BCUT2D eigenvalue weighted by Gasteiger charge is -2.24. The number of nitrogens with zero attached hydrogens (tertiary/aromatic N) is 2. The van der Waals surface area contributed by atoms with Gasteiger partial charge in [-0.15, -0.1) is 0 Å². The minimum absolute atomic E-state index is 0.118. The Labute approximate surface area is 298 Å². The van der Waals surface area contributed by atoms with Crippen molar-refractivity contribution < 1.29 is 22.0 Å². The maximum atomic E-state index is 15.3. The van der Waals surface area contributed by atoms with Gasteiger partial charge in [0.1, 0.15) is 11.6 Å². The minimum Gasteiger partial charge on any atom is -0.309 e. The highest BCUT2D eigenvalue weighted by Gasteiger charge is 2.35. The lowest BCUT2D eigenvalue weighted by molar-refractivity contribution is -0.137. The van der Waals surface area contributed by atoms with Crippen LogP contribution in [0.2, 0.25) is 0 Å². The zero-order valence-electron chi connectivity index (χ0n) is 29.8. The molecule has 8 aromatic rings. The molecule has 0 amide bonds. The summed E-state index contributed by atoms with van der Waals surface area (Å²) in [6.45, 7) is 12.5. The molecule has 0 fully saturated rings. The summed E-state index contributed by atoms with van der Waals surface area (Å²) < 4.78 is 80.0. The molecule has 0 atom stereocenters. The van der Waals surface area contributed by atoms with E-state index in [0.717, 1.165) is 50.9 Å². The summed E-state index contributed by atoms with van der Waals surface area (Å²) in [5.74, 6) is -1.66. The molecular formula is C45H37F5N2. The van der Waals surface area contributed by atoms with Crippen molar-refractivity contribution in [2.24, 2.45) is 0 Å². The van der Waals surface area contributed by atoms with Gasteiger partial charge in [-0.25, -0.2) is 8.78 Å². The van der Waals surface area contributed by atoms with Gasteiger partial charge in [0.25, 0.3) is 0 Å². The molecule has 6 aromatic carbocycles. The summed E-state index contributed by atoms with van der Waals surface area (Å²) in [5, 5.41) is 3.40. The monoisotopic (exact) mass is 700 g/mol. The maximum absolute atomic E-state index is 15.3. The number of fused-ring (bicyclic) bond motifs is 6. The Bertz CT molecular complexity index is 2540. The zero-order chi connectivity index (χ0) is 36.9. The third-order valence-corrected chi connectivity index (χ3v) is 10.1. The molecule has 0 aliphatic carbocycles. The van der Waals surface area contributed by atoms with E-state index >= 15 is 22.0 Å². The van der Waals surface area contributed by atoms with Crippen LogP contribution in [0.1, 0.15) is 58.2 Å². The van der Waals surface area contributed by atoms with Gasteiger partial charge in [0.15, 0.2) is 0 Å². The Morgan fingerprint density at radius 1 is 0.423 bits per heavy atom. The van der Waals surface area contributed by atoms with E-state index in [0.29, 0.717) is 22.1 Å². The fourth-order valence-electron chi connectivity index (χ4n) is 7.52. The number of alkyl halides is 3. The van der Waals surface area contributed by atoms with Crippen molar-refractivity contribution in [3.05, 3.63) is 144 Å². The fraction of sp³-hybridized carbons (Fsp3) is 0.200. The molecule has 0 aliphatic heterocycles. The number of halogens is 5. The second-order valence-corrected chi connectivity index (χ2v) is 15.7. The average Bonchev–Trinajstić information content (AvgIpc) is 3.58. The quantitative estimate of drug-likeness (QED) is 0.162. The van der Waals surface area contributed by atoms with Crippen molar-refractivity contribution in [1.82, 2.24) is 9.13 Å². The van der Waals surface area contributed by atoms with Gasteiger partial charge in [-0.05, 0) is 76.1 Å². The van der Waals surface area contributed by atoms with Gasteiger partial charge in [-0.1, -0.05) is 102 Å². The number of hydrogen-bond donors (Lipinski definition) is 0. The van der Waals surface area contributed by atoms with Crippen LogP contribution in [0, 0.1) is 11.6 Å². The molecule has 0 N–H and O–H groups in total. The number of hydrogen-bond acceptors (Lipinski definition) is 0. The lowest BCUT2D eigenvalue weighted by Crippen LogP contribution is -2.13. The summed E-state index contributed by atoms with van der Waals surface area (Å²) >= 11 is 0. The molecule has 52 heavy (non-hydrogen) atoms. The Morgan fingerprint density at radius 2 is 0.827 bits per heavy atom. The molecule has 0 saturated carbocycles. The van der Waals surface area contributed by atoms with Gasteiger partial charge in [-0.3, -0.25) is 0 Å². The van der Waals surface area contributed by atoms with Gasteiger partial charge < -0.3 is 9.13 Å². The molecule has 0 spiro atoms. The van der Waals surface area contributed by atoms with E-state index in [-0.39, 0.29) is 33.3 Å². The van der Waals surface area contributed by atoms with Crippen molar-refractivity contribution in [1.29, 1.82) is 0 Å². The summed E-state index contributed by atoms with van der Waals surface area (Å²) in [6.07, 6.45) is -4.75. The molecule has 0 bridgehead atoms. The molecule has 0 unspecified atom stereocenters. The molecule has 2 heterocycles. The highest BCUT2D eigenvalue weighted by molar-refractivity contribution is 6.12. The normalized spacial score (nSPS) is 12.9. The molecule has 0 saturated heterocycles. The third kappa shape index (κ3) is 5.45. The molecule has 0 aliphatic rings. The standard InChI is InChI=1S/C45H37F5N2/c1-43(2,3)27-15-17-34-32-11-7-9-13-36(32)51(38(34)21-27)40-23-29(45(48,49)50)24-41(42(40)26-19-30(46)25-31(47)20-26)52-37-14-10-8-12-33(37)35-18-16-28(22-39(35)52)44(4,5)6/h7-25H,1-6H3. The Balaban J connectivity index is 1.64. The van der Waals surface area contributed by atoms with Crippen LogP contribution in [0.3, 0.4) is 0 Å². The van der Waals surface area contributed by atoms with Crippen molar-refractivity contribution >= 4 is 43.6 Å². The predicted molar refractivity (Wildman–Crippen MR) is 203 cm³/mol. The first-order valence-electron chi connectivity index (χ1n) is 17.3. The van der Waals surface area contributed by atoms with Crippen LogP contribution in [0.4, 0.5) is 22.0 Å². The first-order chi connectivity index (χ1) is 24.5. The zero-order valence-corrected chi connectivity index (χ0v) is 29.8. The van der Waals surface area contributed by atoms with Gasteiger partial charge in [0.05, 0.1) is 39.0 Å². The Kier molecular flexibility index (Phi) is 7.48. The number of aromatic nitrogens is 2. The highest BCUT2D eigenvalue weighted by Crippen LogP contribution is 2.46. The van der Waals surface area contributed by atoms with E-state index in [4.69, 9.17) is 0 Å². The summed E-state index contributed by atoms with van der Waals surface area (Å²) in [7, 11) is 0. The van der Waals surface area contributed by atoms with Crippen molar-refractivity contribution in [2.45, 2.75) is 58.5 Å². The third-order valence-electron chi connectivity index (χ3n) is 10.1. The summed E-state index contributed by atoms with van der Waals surface area (Å²) in [5.41, 5.74) is 3.98. The van der Waals surface area contributed by atoms with Gasteiger partial charge in [-0.2, -0.15) is 13.2 Å². The van der Waals surface area contributed by atoms with Gasteiger partial charge in [0, 0.05) is 33.2 Å². The van der Waals surface area contributed by atoms with E-state index in [1.165, 1.54) is 12.1 Å². The first kappa shape index (κ1) is 33.7. The summed E-state index contributed by atoms with van der Waals surface area (Å²) in [4.78, 5) is 0. The fourth-order valence-corrected chi connectivity index (χ4v) is 7.52. The SMILES string of the molecule is CC(C)(C)c1ccc2c3ccccc3n(-c3cc(C(F)(F)F)cc(-n4c5ccccc5c5ccc(C(C)(C)C)cc54)c3-c3cc(F)cc(F)c3)c2c1. The van der Waals surface area contributed by atoms with Gasteiger partial charge in [0.2, 0.25) is 0 Å². The molecule has 0 radical (unpaired) electrons. The van der Waals surface area contributed by atoms with Crippen LogP contribution in [0.25, 0.3) is 66.1 Å². The van der Waals surface area contributed by atoms with E-state index in [1.807, 2.05) is 94.1 Å². The predicted octanol–water partition coefficient (Wildman–Crippen LogP) is 13.4. The number of benzene rings is 6. The number of para-hydroxylation sites is 2. The second kappa shape index (κ2) is 11.5. The van der Waals surface area contributed by atoms with Crippen molar-refractivity contribution in [3.63, 3.8) is 0 Å². The van der Waals surface area contributed by atoms with Crippen molar-refractivity contribution in [3.8, 4) is 22.5 Å². The minimum atomic E-state index is -4.75. The molecule has 7 heteroatoms. The van der Waals surface area contributed by atoms with Crippen LogP contribution in [-0.4, -0.2) is 9.13 Å². The Morgan fingerprint density at radius 3 is 1.23 bits per heavy atom. The first-order valence-corrected chi connectivity index (χ1v) is 17.3. The number of rotatable bonds is 3. The van der Waals surface area contributed by atoms with Crippen molar-refractivity contribution in [2.75, 3.05) is 0 Å².